The van der Waals surface area contributed by atoms with Crippen molar-refractivity contribution in [1.82, 2.24) is 0 Å². The summed E-state index contributed by atoms with van der Waals surface area (Å²) in [6, 6.07) is 8.18. The van der Waals surface area contributed by atoms with E-state index in [-0.39, 0.29) is 42.8 Å². The molecule has 194 valence electrons. The summed E-state index contributed by atoms with van der Waals surface area (Å²) < 4.78 is 42.9. The minimum Gasteiger partial charge on any atom is -0.748 e. The van der Waals surface area contributed by atoms with E-state index in [0.29, 0.717) is 19.5 Å². The molecule has 35 heavy (non-hydrogen) atoms. The number of carbonyl (C=O) groups is 2. The molecule has 1 N–H and O–H groups in total. The van der Waals surface area contributed by atoms with Gasteiger partial charge in [-0.05, 0) is 30.5 Å². The number of hydrogen-bond acceptors (Lipinski definition) is 8. The fourth-order valence-electron chi connectivity index (χ4n) is 2.75. The molecule has 0 aromatic heterocycles. The maximum Gasteiger partial charge on any atom is 1.00 e. The summed E-state index contributed by atoms with van der Waals surface area (Å²) in [5.74, 6) is -1.09. The second-order valence-electron chi connectivity index (χ2n) is 7.52. The Balaban J connectivity index is 0. The Hall–Kier alpha value is -1.43. The Morgan fingerprint density at radius 1 is 0.914 bits per heavy atom. The third-order valence-corrected chi connectivity index (χ3v) is 4.32. The number of carbonyl (C=O) groups excluding carboxylic acids is 1. The van der Waals surface area contributed by atoms with Crippen LogP contribution in [-0.2, 0) is 35.6 Å². The Morgan fingerprint density at radius 3 is 2.03 bits per heavy atom. The molecule has 0 amide bonds. The van der Waals surface area contributed by atoms with Crippen LogP contribution in [0.5, 0.6) is 5.75 Å². The van der Waals surface area contributed by atoms with E-state index < -0.39 is 22.1 Å². The molecule has 0 bridgehead atoms. The van der Waals surface area contributed by atoms with Crippen LogP contribution in [0.2, 0.25) is 0 Å². The number of rotatable bonds is 17. The third kappa shape index (κ3) is 28.7. The van der Waals surface area contributed by atoms with Crippen molar-refractivity contribution in [1.29, 1.82) is 0 Å². The molecule has 0 fully saturated rings. The summed E-state index contributed by atoms with van der Waals surface area (Å²) in [6.45, 7) is 3.32. The van der Waals surface area contributed by atoms with E-state index in [9.17, 15) is 9.59 Å². The van der Waals surface area contributed by atoms with Gasteiger partial charge in [-0.3, -0.25) is 0 Å². The second-order valence-corrected chi connectivity index (χ2v) is 8.93. The zero-order valence-corrected chi connectivity index (χ0v) is 23.9. The van der Waals surface area contributed by atoms with Gasteiger partial charge in [0.15, 0.2) is 0 Å². The summed E-state index contributed by atoms with van der Waals surface area (Å²) in [5.41, 5.74) is 1.33. The van der Waals surface area contributed by atoms with Gasteiger partial charge in [0.1, 0.15) is 19.0 Å². The van der Waals surface area contributed by atoms with Crippen LogP contribution in [0, 0.1) is 0 Å². The molecule has 11 heteroatoms. The zero-order valence-electron chi connectivity index (χ0n) is 21.1. The van der Waals surface area contributed by atoms with Gasteiger partial charge in [-0.25, -0.2) is 18.0 Å². The molecule has 1 aromatic carbocycles. The molecule has 0 aliphatic carbocycles. The fraction of sp³-hybridized carbons (Fsp3) is 0.583. The average molecular weight is 525 g/mol. The Morgan fingerprint density at radius 2 is 1.46 bits per heavy atom. The number of aliphatic carboxylic acids is 1. The quantitative estimate of drug-likeness (QED) is 0.103. The van der Waals surface area contributed by atoms with Crippen molar-refractivity contribution < 1.29 is 71.4 Å². The maximum atomic E-state index is 11.1. The summed E-state index contributed by atoms with van der Waals surface area (Å²) in [6.07, 6.45) is 12.5. The maximum absolute atomic E-state index is 11.1. The number of carboxylic acids is 1. The van der Waals surface area contributed by atoms with Crippen molar-refractivity contribution in [3.05, 3.63) is 42.0 Å². The van der Waals surface area contributed by atoms with Crippen LogP contribution in [0.1, 0.15) is 57.4 Å². The van der Waals surface area contributed by atoms with Gasteiger partial charge >= 0.3 is 41.5 Å². The zero-order chi connectivity index (χ0) is 25.7. The SMILES string of the molecule is CCCCCCCCCc1ccc(OCCOCCOC(=O)/C=C\C(=O)O)cc1.CS(=O)(=O)[O-].[Na+]. The number of carboxylic acid groups (broad SMARTS) is 1. The summed E-state index contributed by atoms with van der Waals surface area (Å²) in [7, 11) is -3.92. The second kappa shape index (κ2) is 23.0. The molecule has 0 aliphatic heterocycles. The van der Waals surface area contributed by atoms with Gasteiger partial charge in [-0.2, -0.15) is 0 Å². The molecular weight excluding hydrogens is 487 g/mol. The van der Waals surface area contributed by atoms with Gasteiger partial charge in [-0.15, -0.1) is 0 Å². The fourth-order valence-corrected chi connectivity index (χ4v) is 2.75. The first-order chi connectivity index (χ1) is 16.1. The molecule has 0 aliphatic rings. The van der Waals surface area contributed by atoms with Crippen LogP contribution in [0.4, 0.5) is 0 Å². The van der Waals surface area contributed by atoms with Crippen molar-refractivity contribution in [2.45, 2.75) is 58.3 Å². The average Bonchev–Trinajstić information content (AvgIpc) is 2.76. The van der Waals surface area contributed by atoms with Gasteiger partial charge in [0.05, 0.1) is 23.3 Å². The minimum absolute atomic E-state index is 0. The molecular formula is C24H37NaO9S. The molecule has 0 heterocycles. The van der Waals surface area contributed by atoms with E-state index in [1.54, 1.807) is 0 Å². The van der Waals surface area contributed by atoms with Crippen LogP contribution in [0.15, 0.2) is 36.4 Å². The first kappa shape index (κ1) is 35.7. The summed E-state index contributed by atoms with van der Waals surface area (Å²) >= 11 is 0. The Kier molecular flexibility index (Phi) is 23.5. The topological polar surface area (TPSA) is 139 Å². The molecule has 9 nitrogen and oxygen atoms in total. The van der Waals surface area contributed by atoms with Gasteiger partial charge in [0, 0.05) is 18.4 Å². The van der Waals surface area contributed by atoms with E-state index >= 15 is 0 Å². The van der Waals surface area contributed by atoms with E-state index in [4.69, 9.17) is 32.3 Å². The smallest absolute Gasteiger partial charge is 0.748 e. The number of aryl methyl sites for hydroxylation is 1. The van der Waals surface area contributed by atoms with Crippen LogP contribution in [0.25, 0.3) is 0 Å². The number of unbranched alkanes of at least 4 members (excludes halogenated alkanes) is 6. The predicted octanol–water partition coefficient (Wildman–Crippen LogP) is 0.725. The Labute approximate surface area is 231 Å². The van der Waals surface area contributed by atoms with Crippen LogP contribution in [-0.4, -0.2) is 62.7 Å². The molecule has 0 radical (unpaired) electrons. The number of benzene rings is 1. The molecule has 0 unspecified atom stereocenters. The third-order valence-electron chi connectivity index (χ3n) is 4.32. The van der Waals surface area contributed by atoms with E-state index in [0.717, 1.165) is 24.3 Å². The van der Waals surface area contributed by atoms with Crippen LogP contribution in [0.3, 0.4) is 0 Å². The molecule has 1 aromatic rings. The van der Waals surface area contributed by atoms with Gasteiger partial charge < -0.3 is 23.9 Å². The first-order valence-corrected chi connectivity index (χ1v) is 13.2. The van der Waals surface area contributed by atoms with Crippen molar-refractivity contribution in [3.63, 3.8) is 0 Å². The summed E-state index contributed by atoms with van der Waals surface area (Å²) in [4.78, 5) is 21.4. The number of esters is 1. The molecule has 0 spiro atoms. The predicted molar refractivity (Wildman–Crippen MR) is 128 cm³/mol. The van der Waals surface area contributed by atoms with Gasteiger partial charge in [0.2, 0.25) is 0 Å². The number of hydrogen-bond donors (Lipinski definition) is 1. The first-order valence-electron chi connectivity index (χ1n) is 11.4. The molecule has 1 rings (SSSR count). The molecule has 0 saturated heterocycles. The standard InChI is InChI=1S/C23H34O6.CH4O3S.Na/c1-2-3-4-5-6-7-8-9-20-10-12-21(13-11-20)28-18-16-27-17-19-29-23(26)15-14-22(24)25;1-5(2,3)4;/h10-15H,2-9,16-19H2,1H3,(H,24,25);1H3,(H,2,3,4);/q;;+1/p-1/b15-14-;;. The Bertz CT molecular complexity index is 801. The van der Waals surface area contributed by atoms with Crippen LogP contribution < -0.4 is 34.3 Å². The largest absolute Gasteiger partial charge is 1.00 e. The summed E-state index contributed by atoms with van der Waals surface area (Å²) in [5, 5.41) is 8.39. The molecule has 0 saturated carbocycles. The van der Waals surface area contributed by atoms with E-state index in [1.807, 2.05) is 12.1 Å². The monoisotopic (exact) mass is 524 g/mol. The van der Waals surface area contributed by atoms with Crippen molar-refractivity contribution in [2.75, 3.05) is 32.7 Å². The number of ether oxygens (including phenoxy) is 3. The molecule has 0 atom stereocenters. The van der Waals surface area contributed by atoms with Crippen molar-refractivity contribution in [3.8, 4) is 5.75 Å². The van der Waals surface area contributed by atoms with E-state index in [2.05, 4.69) is 19.1 Å². The van der Waals surface area contributed by atoms with Crippen molar-refractivity contribution in [2.24, 2.45) is 0 Å². The van der Waals surface area contributed by atoms with E-state index in [1.165, 1.54) is 50.5 Å². The van der Waals surface area contributed by atoms with Gasteiger partial charge in [-0.1, -0.05) is 57.6 Å². The van der Waals surface area contributed by atoms with Gasteiger partial charge in [0.25, 0.3) is 0 Å². The van der Waals surface area contributed by atoms with Crippen molar-refractivity contribution >= 4 is 22.1 Å². The normalized spacial score (nSPS) is 10.7. The minimum atomic E-state index is -3.92. The van der Waals surface area contributed by atoms with Crippen LogP contribution >= 0.6 is 0 Å².